The average molecular weight is 387 g/mol. The summed E-state index contributed by atoms with van der Waals surface area (Å²) in [6.45, 7) is 3.82. The van der Waals surface area contributed by atoms with Gasteiger partial charge in [-0.2, -0.15) is 4.98 Å². The molecular weight excluding hydrogens is 356 g/mol. The van der Waals surface area contributed by atoms with Crippen LogP contribution in [-0.4, -0.2) is 44.4 Å². The molecule has 0 amide bonds. The van der Waals surface area contributed by atoms with Crippen LogP contribution in [0.3, 0.4) is 0 Å². The lowest BCUT2D eigenvalue weighted by Gasteiger charge is -2.28. The van der Waals surface area contributed by atoms with Crippen LogP contribution >= 0.6 is 0 Å². The molecule has 2 saturated heterocycles. The second-order valence-corrected chi connectivity index (χ2v) is 8.87. The smallest absolute Gasteiger partial charge is 0.332 e. The highest BCUT2D eigenvalue weighted by molar-refractivity contribution is 5.74. The standard InChI is InChI=1S/C20H30N6O2/c1-23-17-16(18(27)24(2)20(23)28)26(12-13-6-4-3-5-7-13)19(22-17)25-9-8-14-10-21-11-15(14)25/h13-15,21H,3-12H2,1-2H3. The second kappa shape index (κ2) is 6.76. The summed E-state index contributed by atoms with van der Waals surface area (Å²) in [4.78, 5) is 32.8. The Morgan fingerprint density at radius 2 is 1.82 bits per heavy atom. The van der Waals surface area contributed by atoms with Gasteiger partial charge in [0, 0.05) is 46.3 Å². The number of hydrogen-bond acceptors (Lipinski definition) is 5. The molecule has 1 saturated carbocycles. The highest BCUT2D eigenvalue weighted by Crippen LogP contribution is 2.34. The molecule has 2 aliphatic heterocycles. The topological polar surface area (TPSA) is 77.1 Å². The maximum Gasteiger partial charge on any atom is 0.332 e. The summed E-state index contributed by atoms with van der Waals surface area (Å²) in [5, 5.41) is 3.50. The predicted molar refractivity (Wildman–Crippen MR) is 109 cm³/mol. The Labute approximate surface area is 164 Å². The van der Waals surface area contributed by atoms with Gasteiger partial charge in [0.15, 0.2) is 11.2 Å². The third-order valence-electron chi connectivity index (χ3n) is 7.20. The van der Waals surface area contributed by atoms with E-state index in [-0.39, 0.29) is 11.2 Å². The summed E-state index contributed by atoms with van der Waals surface area (Å²) < 4.78 is 4.89. The van der Waals surface area contributed by atoms with Crippen molar-refractivity contribution in [1.29, 1.82) is 0 Å². The zero-order valence-electron chi connectivity index (χ0n) is 16.9. The van der Waals surface area contributed by atoms with Gasteiger partial charge < -0.3 is 14.8 Å². The fourth-order valence-electron chi connectivity index (χ4n) is 5.55. The Morgan fingerprint density at radius 1 is 1.04 bits per heavy atom. The van der Waals surface area contributed by atoms with Gasteiger partial charge in [0.25, 0.3) is 5.56 Å². The van der Waals surface area contributed by atoms with Crippen LogP contribution in [0, 0.1) is 11.8 Å². The molecule has 0 aromatic carbocycles. The first-order chi connectivity index (χ1) is 13.6. The molecule has 0 spiro atoms. The summed E-state index contributed by atoms with van der Waals surface area (Å²) in [5.74, 6) is 2.11. The van der Waals surface area contributed by atoms with Crippen molar-refractivity contribution in [2.24, 2.45) is 25.9 Å². The number of hydrogen-bond donors (Lipinski definition) is 1. The molecule has 1 N–H and O–H groups in total. The molecule has 2 aromatic heterocycles. The molecule has 152 valence electrons. The number of imidazole rings is 1. The van der Waals surface area contributed by atoms with E-state index in [1.54, 1.807) is 14.1 Å². The minimum Gasteiger partial charge on any atom is -0.338 e. The molecule has 3 fully saturated rings. The molecular formula is C20H30N6O2. The van der Waals surface area contributed by atoms with Crippen LogP contribution < -0.4 is 21.5 Å². The van der Waals surface area contributed by atoms with Crippen molar-refractivity contribution in [2.45, 2.75) is 51.1 Å². The third kappa shape index (κ3) is 2.64. The molecule has 8 heteroatoms. The van der Waals surface area contributed by atoms with Crippen LogP contribution in [0.1, 0.15) is 38.5 Å². The Hall–Kier alpha value is -2.09. The van der Waals surface area contributed by atoms with E-state index in [2.05, 4.69) is 14.8 Å². The van der Waals surface area contributed by atoms with Crippen LogP contribution in [-0.2, 0) is 20.6 Å². The third-order valence-corrected chi connectivity index (χ3v) is 7.20. The predicted octanol–water partition coefficient (Wildman–Crippen LogP) is 0.812. The SMILES string of the molecule is Cn1c(=O)c2c(nc(N3CCC4CNCC43)n2CC2CCCCC2)n(C)c1=O. The minimum absolute atomic E-state index is 0.229. The van der Waals surface area contributed by atoms with Crippen molar-refractivity contribution < 1.29 is 0 Å². The van der Waals surface area contributed by atoms with Gasteiger partial charge in [-0.1, -0.05) is 19.3 Å². The number of aryl methyl sites for hydroxylation is 1. The van der Waals surface area contributed by atoms with E-state index in [1.165, 1.54) is 41.2 Å². The molecule has 2 aromatic rings. The van der Waals surface area contributed by atoms with Crippen LogP contribution in [0.2, 0.25) is 0 Å². The number of nitrogens with zero attached hydrogens (tertiary/aromatic N) is 5. The molecule has 8 nitrogen and oxygen atoms in total. The van der Waals surface area contributed by atoms with Gasteiger partial charge in [0.05, 0.1) is 0 Å². The second-order valence-electron chi connectivity index (χ2n) is 8.87. The van der Waals surface area contributed by atoms with E-state index < -0.39 is 0 Å². The average Bonchev–Trinajstić information content (AvgIpc) is 3.40. The van der Waals surface area contributed by atoms with Crippen molar-refractivity contribution in [1.82, 2.24) is 24.0 Å². The number of nitrogens with one attached hydrogen (secondary N) is 1. The minimum atomic E-state index is -0.312. The van der Waals surface area contributed by atoms with Gasteiger partial charge in [-0.25, -0.2) is 4.79 Å². The molecule has 2 unspecified atom stereocenters. The van der Waals surface area contributed by atoms with E-state index in [9.17, 15) is 9.59 Å². The summed E-state index contributed by atoms with van der Waals surface area (Å²) in [5.41, 5.74) is 0.564. The first-order valence-electron chi connectivity index (χ1n) is 10.7. The molecule has 0 radical (unpaired) electrons. The van der Waals surface area contributed by atoms with Crippen LogP contribution in [0.5, 0.6) is 0 Å². The van der Waals surface area contributed by atoms with E-state index in [4.69, 9.17) is 4.98 Å². The molecule has 4 heterocycles. The Morgan fingerprint density at radius 3 is 2.61 bits per heavy atom. The highest BCUT2D eigenvalue weighted by atomic mass is 16.2. The molecule has 3 aliphatic rings. The monoisotopic (exact) mass is 386 g/mol. The van der Waals surface area contributed by atoms with Gasteiger partial charge in [0.2, 0.25) is 5.95 Å². The summed E-state index contributed by atoms with van der Waals surface area (Å²) >= 11 is 0. The van der Waals surface area contributed by atoms with Crippen LogP contribution in [0.15, 0.2) is 9.59 Å². The lowest BCUT2D eigenvalue weighted by Crippen LogP contribution is -2.38. The Kier molecular flexibility index (Phi) is 4.34. The molecule has 5 rings (SSSR count). The largest absolute Gasteiger partial charge is 0.338 e. The van der Waals surface area contributed by atoms with E-state index in [1.807, 2.05) is 0 Å². The zero-order valence-corrected chi connectivity index (χ0v) is 16.9. The summed E-state index contributed by atoms with van der Waals surface area (Å²) in [6.07, 6.45) is 7.41. The van der Waals surface area contributed by atoms with Crippen molar-refractivity contribution in [3.8, 4) is 0 Å². The van der Waals surface area contributed by atoms with Gasteiger partial charge in [-0.05, 0) is 31.1 Å². The molecule has 2 atom stereocenters. The maximum absolute atomic E-state index is 13.1. The van der Waals surface area contributed by atoms with Crippen molar-refractivity contribution in [3.05, 3.63) is 20.8 Å². The van der Waals surface area contributed by atoms with Gasteiger partial charge >= 0.3 is 5.69 Å². The molecule has 0 bridgehead atoms. The quantitative estimate of drug-likeness (QED) is 0.845. The summed E-state index contributed by atoms with van der Waals surface area (Å²) in [7, 11) is 3.28. The number of aromatic nitrogens is 4. The van der Waals surface area contributed by atoms with Crippen molar-refractivity contribution in [3.63, 3.8) is 0 Å². The van der Waals surface area contributed by atoms with Gasteiger partial charge in [0.1, 0.15) is 0 Å². The zero-order chi connectivity index (χ0) is 19.4. The fraction of sp³-hybridized carbons (Fsp3) is 0.750. The maximum atomic E-state index is 13.1. The van der Waals surface area contributed by atoms with Crippen LogP contribution in [0.25, 0.3) is 11.2 Å². The Balaban J connectivity index is 1.68. The van der Waals surface area contributed by atoms with Gasteiger partial charge in [-0.3, -0.25) is 13.9 Å². The van der Waals surface area contributed by atoms with Crippen LogP contribution in [0.4, 0.5) is 5.95 Å². The van der Waals surface area contributed by atoms with E-state index >= 15 is 0 Å². The lowest BCUT2D eigenvalue weighted by molar-refractivity contribution is 0.321. The highest BCUT2D eigenvalue weighted by Gasteiger charge is 2.40. The Bertz CT molecular complexity index is 1010. The first-order valence-corrected chi connectivity index (χ1v) is 10.7. The normalized spacial score (nSPS) is 25.7. The number of rotatable bonds is 3. The molecule has 28 heavy (non-hydrogen) atoms. The lowest BCUT2D eigenvalue weighted by atomic mass is 9.89. The number of anilines is 1. The number of fused-ring (bicyclic) bond motifs is 2. The van der Waals surface area contributed by atoms with Crippen molar-refractivity contribution >= 4 is 17.1 Å². The summed E-state index contributed by atoms with van der Waals surface area (Å²) in [6, 6.07) is 0.433. The van der Waals surface area contributed by atoms with Gasteiger partial charge in [-0.15, -0.1) is 0 Å². The fourth-order valence-corrected chi connectivity index (χ4v) is 5.55. The molecule has 1 aliphatic carbocycles. The first kappa shape index (κ1) is 18.0. The van der Waals surface area contributed by atoms with Crippen molar-refractivity contribution in [2.75, 3.05) is 24.5 Å². The van der Waals surface area contributed by atoms with E-state index in [0.717, 1.165) is 38.5 Å². The van der Waals surface area contributed by atoms with E-state index in [0.29, 0.717) is 29.0 Å².